The highest BCUT2D eigenvalue weighted by Gasteiger charge is 2.55. The number of halogens is 4. The normalized spacial score (nSPS) is 19.0. The molecule has 1 fully saturated rings. The minimum Gasteiger partial charge on any atom is -0.479 e. The van der Waals surface area contributed by atoms with Crippen molar-refractivity contribution in [3.05, 3.63) is 35.1 Å². The van der Waals surface area contributed by atoms with E-state index in [0.29, 0.717) is 6.07 Å². The molecule has 0 bridgehead atoms. The number of hydrogen-bond acceptors (Lipinski definition) is 2. The lowest BCUT2D eigenvalue weighted by Crippen LogP contribution is -2.35. The molecule has 0 amide bonds. The Bertz CT molecular complexity index is 520. The second kappa shape index (κ2) is 4.19. The summed E-state index contributed by atoms with van der Waals surface area (Å²) in [6.07, 6.45) is -6.49. The fourth-order valence-corrected chi connectivity index (χ4v) is 2.20. The van der Waals surface area contributed by atoms with Crippen LogP contribution in [0, 0.1) is 5.82 Å². The van der Waals surface area contributed by atoms with Gasteiger partial charge in [-0.05, 0) is 24.5 Å². The first-order chi connectivity index (χ1) is 8.70. The van der Waals surface area contributed by atoms with Gasteiger partial charge in [-0.15, -0.1) is 0 Å². The molecule has 1 aliphatic rings. The third-order valence-corrected chi connectivity index (χ3v) is 3.39. The van der Waals surface area contributed by atoms with Crippen molar-refractivity contribution in [1.82, 2.24) is 0 Å². The van der Waals surface area contributed by atoms with E-state index in [-0.39, 0.29) is 12.8 Å². The number of alkyl halides is 3. The van der Waals surface area contributed by atoms with Crippen molar-refractivity contribution < 1.29 is 32.6 Å². The number of aliphatic carboxylic acids is 1. The van der Waals surface area contributed by atoms with Crippen molar-refractivity contribution in [1.29, 1.82) is 0 Å². The molecule has 1 aromatic rings. The van der Waals surface area contributed by atoms with E-state index in [1.807, 2.05) is 0 Å². The molecule has 1 aromatic carbocycles. The second-order valence-electron chi connectivity index (χ2n) is 4.56. The zero-order chi connectivity index (χ0) is 14.4. The van der Waals surface area contributed by atoms with Crippen LogP contribution < -0.4 is 0 Å². The van der Waals surface area contributed by atoms with Crippen molar-refractivity contribution in [2.24, 2.45) is 0 Å². The molecule has 0 radical (unpaired) electrons. The van der Waals surface area contributed by atoms with Gasteiger partial charge in [0, 0.05) is 5.41 Å². The van der Waals surface area contributed by atoms with E-state index in [2.05, 4.69) is 0 Å². The fourth-order valence-electron chi connectivity index (χ4n) is 2.20. The summed E-state index contributed by atoms with van der Waals surface area (Å²) in [7, 11) is 0. The first kappa shape index (κ1) is 13.8. The zero-order valence-corrected chi connectivity index (χ0v) is 9.54. The van der Waals surface area contributed by atoms with Crippen LogP contribution >= 0.6 is 0 Å². The van der Waals surface area contributed by atoms with Gasteiger partial charge in [-0.2, -0.15) is 13.2 Å². The Balaban J connectivity index is 2.51. The van der Waals surface area contributed by atoms with Crippen molar-refractivity contribution in [3.8, 4) is 0 Å². The van der Waals surface area contributed by atoms with Crippen LogP contribution in [-0.2, 0) is 16.4 Å². The molecule has 1 saturated carbocycles. The summed E-state index contributed by atoms with van der Waals surface area (Å²) in [6.45, 7) is 0. The van der Waals surface area contributed by atoms with Crippen molar-refractivity contribution >= 4 is 5.97 Å². The summed E-state index contributed by atoms with van der Waals surface area (Å²) < 4.78 is 51.6. The summed E-state index contributed by atoms with van der Waals surface area (Å²) in [6, 6.07) is 2.68. The van der Waals surface area contributed by atoms with E-state index in [1.54, 1.807) is 0 Å². The predicted octanol–water partition coefficient (Wildman–Crippen LogP) is 2.32. The molecule has 2 N–H and O–H groups in total. The van der Waals surface area contributed by atoms with Crippen LogP contribution in [-0.4, -0.2) is 22.3 Å². The molecule has 7 heteroatoms. The monoisotopic (exact) mass is 278 g/mol. The average Bonchev–Trinajstić information content (AvgIpc) is 3.07. The number of carboxylic acid groups (broad SMARTS) is 1. The Morgan fingerprint density at radius 1 is 1.32 bits per heavy atom. The molecule has 1 atom stereocenters. The van der Waals surface area contributed by atoms with Crippen molar-refractivity contribution in [2.75, 3.05) is 0 Å². The van der Waals surface area contributed by atoms with E-state index >= 15 is 0 Å². The SMILES string of the molecule is O=C(O)C(O)C1(c2cccc(C(F)(F)F)c2F)CC1. The standard InChI is InChI=1S/C12H10F4O3/c13-8-6(2-1-3-7(8)12(14,15)16)11(4-5-11)9(17)10(18)19/h1-3,9,17H,4-5H2,(H,18,19). The van der Waals surface area contributed by atoms with Gasteiger partial charge in [0.15, 0.2) is 6.10 Å². The quantitative estimate of drug-likeness (QED) is 0.834. The second-order valence-corrected chi connectivity index (χ2v) is 4.56. The molecule has 1 unspecified atom stereocenters. The molecule has 0 saturated heterocycles. The lowest BCUT2D eigenvalue weighted by Gasteiger charge is -2.21. The van der Waals surface area contributed by atoms with Crippen LogP contribution in [0.25, 0.3) is 0 Å². The molecule has 19 heavy (non-hydrogen) atoms. The van der Waals surface area contributed by atoms with Crippen molar-refractivity contribution in [3.63, 3.8) is 0 Å². The lowest BCUT2D eigenvalue weighted by molar-refractivity contribution is -0.148. The van der Waals surface area contributed by atoms with Gasteiger partial charge in [0.2, 0.25) is 0 Å². The first-order valence-electron chi connectivity index (χ1n) is 5.47. The number of rotatable bonds is 3. The van der Waals surface area contributed by atoms with E-state index in [0.717, 1.165) is 12.1 Å². The molecule has 0 aliphatic heterocycles. The first-order valence-corrected chi connectivity index (χ1v) is 5.47. The highest BCUT2D eigenvalue weighted by atomic mass is 19.4. The van der Waals surface area contributed by atoms with Gasteiger partial charge in [0.1, 0.15) is 5.82 Å². The summed E-state index contributed by atoms with van der Waals surface area (Å²) in [5.41, 5.74) is -3.29. The van der Waals surface area contributed by atoms with E-state index in [1.165, 1.54) is 0 Å². The maximum atomic E-state index is 13.9. The average molecular weight is 278 g/mol. The number of carboxylic acids is 1. The molecule has 0 aromatic heterocycles. The Kier molecular flexibility index (Phi) is 3.04. The highest BCUT2D eigenvalue weighted by molar-refractivity contribution is 5.75. The largest absolute Gasteiger partial charge is 0.479 e. The number of hydrogen-bond donors (Lipinski definition) is 2. The van der Waals surface area contributed by atoms with Gasteiger partial charge in [-0.1, -0.05) is 12.1 Å². The maximum Gasteiger partial charge on any atom is 0.419 e. The van der Waals surface area contributed by atoms with E-state index in [4.69, 9.17) is 5.11 Å². The molecule has 1 aliphatic carbocycles. The van der Waals surface area contributed by atoms with Gasteiger partial charge in [-0.25, -0.2) is 9.18 Å². The van der Waals surface area contributed by atoms with Gasteiger partial charge in [0.25, 0.3) is 0 Å². The smallest absolute Gasteiger partial charge is 0.419 e. The van der Waals surface area contributed by atoms with Crippen LogP contribution in [0.1, 0.15) is 24.0 Å². The third-order valence-electron chi connectivity index (χ3n) is 3.39. The molecule has 3 nitrogen and oxygen atoms in total. The minimum absolute atomic E-state index is 0.138. The van der Waals surface area contributed by atoms with Gasteiger partial charge in [-0.3, -0.25) is 0 Å². The molecule has 0 heterocycles. The summed E-state index contributed by atoms with van der Waals surface area (Å²) in [5.74, 6) is -3.08. The topological polar surface area (TPSA) is 57.5 Å². The minimum atomic E-state index is -4.86. The molecule has 0 spiro atoms. The Labute approximate surface area is 105 Å². The van der Waals surface area contributed by atoms with Gasteiger partial charge >= 0.3 is 12.1 Å². The number of aliphatic hydroxyl groups excluding tert-OH is 1. The van der Waals surface area contributed by atoms with Crippen LogP contribution in [0.2, 0.25) is 0 Å². The van der Waals surface area contributed by atoms with Crippen LogP contribution in [0.5, 0.6) is 0 Å². The van der Waals surface area contributed by atoms with Gasteiger partial charge in [0.05, 0.1) is 5.56 Å². The number of carbonyl (C=O) groups is 1. The number of benzene rings is 1. The zero-order valence-electron chi connectivity index (χ0n) is 9.54. The predicted molar refractivity (Wildman–Crippen MR) is 56.0 cm³/mol. The van der Waals surface area contributed by atoms with Crippen molar-refractivity contribution in [2.45, 2.75) is 30.5 Å². The number of aliphatic hydroxyl groups is 1. The van der Waals surface area contributed by atoms with E-state index < -0.39 is 40.6 Å². The molecule has 104 valence electrons. The Hall–Kier alpha value is -1.63. The summed E-state index contributed by atoms with van der Waals surface area (Å²) in [5, 5.41) is 18.3. The van der Waals surface area contributed by atoms with Crippen LogP contribution in [0.3, 0.4) is 0 Å². The van der Waals surface area contributed by atoms with Gasteiger partial charge < -0.3 is 10.2 Å². The van der Waals surface area contributed by atoms with Crippen LogP contribution in [0.4, 0.5) is 17.6 Å². The fraction of sp³-hybridized carbons (Fsp3) is 0.417. The molecular weight excluding hydrogens is 268 g/mol. The molecular formula is C12H10F4O3. The highest BCUT2D eigenvalue weighted by Crippen LogP contribution is 2.52. The molecule has 2 rings (SSSR count). The maximum absolute atomic E-state index is 13.9. The summed E-state index contributed by atoms with van der Waals surface area (Å²) in [4.78, 5) is 10.8. The van der Waals surface area contributed by atoms with Crippen LogP contribution in [0.15, 0.2) is 18.2 Å². The van der Waals surface area contributed by atoms with E-state index in [9.17, 15) is 27.5 Å². The third kappa shape index (κ3) is 2.18. The summed E-state index contributed by atoms with van der Waals surface area (Å²) >= 11 is 0. The Morgan fingerprint density at radius 2 is 1.89 bits per heavy atom. The Morgan fingerprint density at radius 3 is 2.32 bits per heavy atom. The lowest BCUT2D eigenvalue weighted by atomic mass is 9.88.